The second-order valence-corrected chi connectivity index (χ2v) is 5.64. The Balaban J connectivity index is 2.39. The zero-order valence-electron chi connectivity index (χ0n) is 11.8. The number of likely N-dealkylation sites (N-methyl/N-ethyl adjacent to an activating group) is 1. The van der Waals surface area contributed by atoms with Gasteiger partial charge in [0.15, 0.2) is 0 Å². The van der Waals surface area contributed by atoms with E-state index in [2.05, 4.69) is 21.2 Å². The van der Waals surface area contributed by atoms with Gasteiger partial charge in [0.1, 0.15) is 5.57 Å². The number of benzene rings is 1. The first-order chi connectivity index (χ1) is 9.81. The third-order valence-electron chi connectivity index (χ3n) is 3.07. The Morgan fingerprint density at radius 2 is 1.90 bits per heavy atom. The molecule has 1 N–H and O–H groups in total. The second kappa shape index (κ2) is 5.69. The van der Waals surface area contributed by atoms with E-state index in [9.17, 15) is 14.4 Å². The van der Waals surface area contributed by atoms with Crippen LogP contribution < -0.4 is 10.2 Å². The van der Waals surface area contributed by atoms with Crippen molar-refractivity contribution in [2.45, 2.75) is 0 Å². The Morgan fingerprint density at radius 3 is 2.48 bits per heavy atom. The molecule has 0 spiro atoms. The predicted molar refractivity (Wildman–Crippen MR) is 82.8 cm³/mol. The van der Waals surface area contributed by atoms with Crippen molar-refractivity contribution in [3.8, 4) is 0 Å². The number of anilines is 1. The second-order valence-electron chi connectivity index (χ2n) is 4.79. The molecular weight excluding hydrogens is 338 g/mol. The zero-order valence-corrected chi connectivity index (χ0v) is 13.4. The molecule has 0 bridgehead atoms. The van der Waals surface area contributed by atoms with E-state index in [1.165, 1.54) is 13.1 Å². The molecule has 0 unspecified atom stereocenters. The van der Waals surface area contributed by atoms with E-state index in [-0.39, 0.29) is 5.57 Å². The molecule has 4 amide bonds. The lowest BCUT2D eigenvalue weighted by Gasteiger charge is -2.22. The largest absolute Gasteiger partial charge is 0.377 e. The van der Waals surface area contributed by atoms with Gasteiger partial charge in [0.05, 0.1) is 5.69 Å². The van der Waals surface area contributed by atoms with Crippen LogP contribution in [0, 0.1) is 0 Å². The molecule has 7 heteroatoms. The number of carbonyl (C=O) groups is 3. The smallest absolute Gasteiger partial charge is 0.331 e. The van der Waals surface area contributed by atoms with Gasteiger partial charge < -0.3 is 4.90 Å². The fourth-order valence-corrected chi connectivity index (χ4v) is 2.64. The van der Waals surface area contributed by atoms with Crippen LogP contribution in [0.25, 0.3) is 6.08 Å². The third-order valence-corrected chi connectivity index (χ3v) is 3.70. The Morgan fingerprint density at radius 1 is 1.24 bits per heavy atom. The number of hydrogen-bond donors (Lipinski definition) is 1. The van der Waals surface area contributed by atoms with Gasteiger partial charge in [-0.2, -0.15) is 0 Å². The van der Waals surface area contributed by atoms with E-state index >= 15 is 0 Å². The van der Waals surface area contributed by atoms with Crippen molar-refractivity contribution in [1.29, 1.82) is 0 Å². The summed E-state index contributed by atoms with van der Waals surface area (Å²) in [4.78, 5) is 37.9. The summed E-state index contributed by atoms with van der Waals surface area (Å²) in [5.41, 5.74) is 1.60. The van der Waals surface area contributed by atoms with Crippen LogP contribution in [0.4, 0.5) is 10.5 Å². The Kier molecular flexibility index (Phi) is 4.13. The molecule has 1 heterocycles. The van der Waals surface area contributed by atoms with Gasteiger partial charge >= 0.3 is 6.03 Å². The van der Waals surface area contributed by atoms with Crippen LogP contribution in [-0.4, -0.2) is 43.9 Å². The van der Waals surface area contributed by atoms with Gasteiger partial charge in [-0.25, -0.2) is 4.79 Å². The van der Waals surface area contributed by atoms with Crippen LogP contribution in [0.2, 0.25) is 0 Å². The van der Waals surface area contributed by atoms with E-state index in [1.54, 1.807) is 12.1 Å². The molecule has 0 radical (unpaired) electrons. The molecule has 0 aliphatic carbocycles. The lowest BCUT2D eigenvalue weighted by atomic mass is 10.1. The summed E-state index contributed by atoms with van der Waals surface area (Å²) in [6.45, 7) is 0. The lowest BCUT2D eigenvalue weighted by Crippen LogP contribution is -2.52. The Bertz CT molecular complexity index is 667. The maximum absolute atomic E-state index is 12.0. The maximum Gasteiger partial charge on any atom is 0.331 e. The zero-order chi connectivity index (χ0) is 15.7. The van der Waals surface area contributed by atoms with Crippen molar-refractivity contribution in [2.75, 3.05) is 26.0 Å². The molecule has 0 atom stereocenters. The number of nitrogens with zero attached hydrogens (tertiary/aromatic N) is 2. The minimum Gasteiger partial charge on any atom is -0.377 e. The molecule has 1 aliphatic heterocycles. The number of halogens is 1. The molecule has 1 aromatic carbocycles. The van der Waals surface area contributed by atoms with Crippen LogP contribution in [0.1, 0.15) is 5.56 Å². The van der Waals surface area contributed by atoms with Crippen LogP contribution in [0.3, 0.4) is 0 Å². The first-order valence-corrected chi connectivity index (χ1v) is 6.92. The summed E-state index contributed by atoms with van der Waals surface area (Å²) in [7, 11) is 5.15. The van der Waals surface area contributed by atoms with Crippen LogP contribution in [0.5, 0.6) is 0 Å². The fraction of sp³-hybridized carbons (Fsp3) is 0.214. The number of amides is 4. The van der Waals surface area contributed by atoms with E-state index in [0.717, 1.165) is 15.1 Å². The van der Waals surface area contributed by atoms with Crippen molar-refractivity contribution < 1.29 is 14.4 Å². The third kappa shape index (κ3) is 2.97. The molecule has 1 fully saturated rings. The molecule has 6 nitrogen and oxygen atoms in total. The van der Waals surface area contributed by atoms with Crippen molar-refractivity contribution in [1.82, 2.24) is 10.2 Å². The summed E-state index contributed by atoms with van der Waals surface area (Å²) in [5, 5.41) is 2.11. The Hall–Kier alpha value is -2.15. The fourth-order valence-electron chi connectivity index (χ4n) is 1.89. The topological polar surface area (TPSA) is 69.7 Å². The minimum atomic E-state index is -0.716. The van der Waals surface area contributed by atoms with Gasteiger partial charge in [0, 0.05) is 25.6 Å². The summed E-state index contributed by atoms with van der Waals surface area (Å²) >= 11 is 3.44. The number of nitrogens with one attached hydrogen (secondary N) is 1. The molecule has 1 aliphatic rings. The van der Waals surface area contributed by atoms with Gasteiger partial charge in [-0.15, -0.1) is 0 Å². The summed E-state index contributed by atoms with van der Waals surface area (Å²) in [6, 6.07) is 4.76. The maximum atomic E-state index is 12.0. The molecule has 1 aromatic rings. The average molecular weight is 352 g/mol. The van der Waals surface area contributed by atoms with Crippen LogP contribution in [0.15, 0.2) is 28.2 Å². The van der Waals surface area contributed by atoms with Gasteiger partial charge in [0.2, 0.25) is 0 Å². The summed E-state index contributed by atoms with van der Waals surface area (Å²) in [5.74, 6) is -1.30. The van der Waals surface area contributed by atoms with Gasteiger partial charge in [-0.3, -0.25) is 19.8 Å². The number of imide groups is 2. The highest BCUT2D eigenvalue weighted by Gasteiger charge is 2.32. The van der Waals surface area contributed by atoms with E-state index in [4.69, 9.17) is 0 Å². The molecule has 0 aromatic heterocycles. The first kappa shape index (κ1) is 15.2. The Labute approximate surface area is 130 Å². The monoisotopic (exact) mass is 351 g/mol. The van der Waals surface area contributed by atoms with E-state index in [1.807, 2.05) is 25.1 Å². The molecule has 110 valence electrons. The average Bonchev–Trinajstić information content (AvgIpc) is 2.41. The number of urea groups is 1. The van der Waals surface area contributed by atoms with Crippen molar-refractivity contribution in [3.05, 3.63) is 33.8 Å². The normalized spacial score (nSPS) is 17.2. The van der Waals surface area contributed by atoms with Gasteiger partial charge in [-0.05, 0) is 39.7 Å². The number of barbiturate groups is 1. The SMILES string of the molecule is CN1C(=O)NC(=O)/C(=C\c2ccc(N(C)C)c(Br)c2)C1=O. The number of rotatable bonds is 2. The van der Waals surface area contributed by atoms with Crippen LogP contribution >= 0.6 is 15.9 Å². The first-order valence-electron chi connectivity index (χ1n) is 6.13. The van der Waals surface area contributed by atoms with E-state index < -0.39 is 17.8 Å². The van der Waals surface area contributed by atoms with E-state index in [0.29, 0.717) is 5.56 Å². The summed E-state index contributed by atoms with van der Waals surface area (Å²) in [6.07, 6.45) is 1.46. The van der Waals surface area contributed by atoms with Crippen molar-refractivity contribution >= 4 is 45.5 Å². The van der Waals surface area contributed by atoms with Crippen molar-refractivity contribution in [2.24, 2.45) is 0 Å². The highest BCUT2D eigenvalue weighted by molar-refractivity contribution is 9.10. The molecular formula is C14H14BrN3O3. The number of carbonyl (C=O) groups excluding carboxylic acids is 3. The molecule has 21 heavy (non-hydrogen) atoms. The van der Waals surface area contributed by atoms with Gasteiger partial charge in [-0.1, -0.05) is 6.07 Å². The quantitative estimate of drug-likeness (QED) is 0.649. The van der Waals surface area contributed by atoms with Gasteiger partial charge in [0.25, 0.3) is 11.8 Å². The standard InChI is InChI=1S/C14H14BrN3O3/c1-17(2)11-5-4-8(7-10(11)15)6-9-12(19)16-14(21)18(3)13(9)20/h4-7H,1-3H3,(H,16,19,21)/b9-6+. The molecule has 0 saturated carbocycles. The van der Waals surface area contributed by atoms with Crippen molar-refractivity contribution in [3.63, 3.8) is 0 Å². The molecule has 1 saturated heterocycles. The lowest BCUT2D eigenvalue weighted by molar-refractivity contribution is -0.129. The predicted octanol–water partition coefficient (Wildman–Crippen LogP) is 1.61. The highest BCUT2D eigenvalue weighted by Crippen LogP contribution is 2.27. The summed E-state index contributed by atoms with van der Waals surface area (Å²) < 4.78 is 0.843. The minimum absolute atomic E-state index is 0.0680. The van der Waals surface area contributed by atoms with Crippen LogP contribution in [-0.2, 0) is 9.59 Å². The highest BCUT2D eigenvalue weighted by atomic mass is 79.9. The number of hydrogen-bond acceptors (Lipinski definition) is 4. The molecule has 2 rings (SSSR count).